The van der Waals surface area contributed by atoms with Gasteiger partial charge in [0, 0.05) is 11.1 Å². The molecule has 1 amide bonds. The van der Waals surface area contributed by atoms with Crippen molar-refractivity contribution in [3.8, 4) is 0 Å². The first-order valence-corrected chi connectivity index (χ1v) is 8.08. The molecule has 27 heavy (non-hydrogen) atoms. The second-order valence-electron chi connectivity index (χ2n) is 5.59. The highest BCUT2D eigenvalue weighted by Crippen LogP contribution is 2.13. The standard InChI is InChI=1S/C20H16N2O5/c1-26-19(24)14-6-4-7-15(11-14)21-18(23)12-27-20(25)17-10-9-13-5-2-3-8-16(13)22-17/h2-11H,12H2,1H3,(H,21,23). The van der Waals surface area contributed by atoms with Crippen LogP contribution >= 0.6 is 0 Å². The van der Waals surface area contributed by atoms with Gasteiger partial charge in [-0.1, -0.05) is 30.3 Å². The van der Waals surface area contributed by atoms with E-state index in [1.807, 2.05) is 18.2 Å². The third-order valence-corrected chi connectivity index (χ3v) is 3.71. The number of amides is 1. The van der Waals surface area contributed by atoms with Crippen LogP contribution in [0.25, 0.3) is 10.9 Å². The summed E-state index contributed by atoms with van der Waals surface area (Å²) in [4.78, 5) is 39.8. The van der Waals surface area contributed by atoms with Gasteiger partial charge >= 0.3 is 11.9 Å². The summed E-state index contributed by atoms with van der Waals surface area (Å²) in [6, 6.07) is 16.9. The molecule has 0 spiro atoms. The number of pyridine rings is 1. The molecule has 7 nitrogen and oxygen atoms in total. The maximum Gasteiger partial charge on any atom is 0.357 e. The minimum Gasteiger partial charge on any atom is -0.465 e. The third-order valence-electron chi connectivity index (χ3n) is 3.71. The van der Waals surface area contributed by atoms with E-state index in [0.717, 1.165) is 5.39 Å². The van der Waals surface area contributed by atoms with E-state index in [4.69, 9.17) is 4.74 Å². The molecule has 3 rings (SSSR count). The number of para-hydroxylation sites is 1. The van der Waals surface area contributed by atoms with E-state index in [2.05, 4.69) is 15.0 Å². The van der Waals surface area contributed by atoms with E-state index in [0.29, 0.717) is 16.8 Å². The Morgan fingerprint density at radius 3 is 2.59 bits per heavy atom. The molecular formula is C20H16N2O5. The number of rotatable bonds is 5. The van der Waals surface area contributed by atoms with Gasteiger partial charge in [0.2, 0.25) is 0 Å². The van der Waals surface area contributed by atoms with Crippen molar-refractivity contribution in [2.24, 2.45) is 0 Å². The van der Waals surface area contributed by atoms with Crippen LogP contribution in [-0.2, 0) is 14.3 Å². The molecule has 0 saturated carbocycles. The average Bonchev–Trinajstić information content (AvgIpc) is 2.71. The van der Waals surface area contributed by atoms with Crippen LogP contribution in [-0.4, -0.2) is 36.5 Å². The molecule has 0 aliphatic heterocycles. The molecule has 136 valence electrons. The maximum absolute atomic E-state index is 12.1. The normalized spacial score (nSPS) is 10.3. The van der Waals surface area contributed by atoms with Gasteiger partial charge in [-0.2, -0.15) is 0 Å². The van der Waals surface area contributed by atoms with Crippen molar-refractivity contribution in [1.82, 2.24) is 4.98 Å². The lowest BCUT2D eigenvalue weighted by Gasteiger charge is -2.08. The number of carbonyl (C=O) groups excluding carboxylic acids is 3. The Balaban J connectivity index is 1.59. The molecule has 7 heteroatoms. The van der Waals surface area contributed by atoms with Crippen LogP contribution < -0.4 is 5.32 Å². The Morgan fingerprint density at radius 2 is 1.78 bits per heavy atom. The Labute approximate surface area is 154 Å². The van der Waals surface area contributed by atoms with Gasteiger partial charge in [0.15, 0.2) is 6.61 Å². The Hall–Kier alpha value is -3.74. The van der Waals surface area contributed by atoms with Crippen LogP contribution in [0.2, 0.25) is 0 Å². The molecule has 0 aliphatic rings. The molecule has 1 heterocycles. The van der Waals surface area contributed by atoms with Crippen molar-refractivity contribution in [3.63, 3.8) is 0 Å². The zero-order valence-corrected chi connectivity index (χ0v) is 14.5. The highest BCUT2D eigenvalue weighted by atomic mass is 16.5. The molecule has 0 unspecified atom stereocenters. The topological polar surface area (TPSA) is 94.6 Å². The highest BCUT2D eigenvalue weighted by Gasteiger charge is 2.13. The van der Waals surface area contributed by atoms with Gasteiger partial charge in [-0.05, 0) is 30.3 Å². The number of carbonyl (C=O) groups is 3. The molecule has 0 radical (unpaired) electrons. The molecule has 1 aromatic heterocycles. The molecule has 0 aliphatic carbocycles. The van der Waals surface area contributed by atoms with Crippen molar-refractivity contribution in [1.29, 1.82) is 0 Å². The number of hydrogen-bond acceptors (Lipinski definition) is 6. The summed E-state index contributed by atoms with van der Waals surface area (Å²) >= 11 is 0. The van der Waals surface area contributed by atoms with Gasteiger partial charge in [0.25, 0.3) is 5.91 Å². The highest BCUT2D eigenvalue weighted by molar-refractivity contribution is 5.97. The molecule has 1 N–H and O–H groups in total. The van der Waals surface area contributed by atoms with Gasteiger partial charge < -0.3 is 14.8 Å². The number of nitrogens with zero attached hydrogens (tertiary/aromatic N) is 1. The summed E-state index contributed by atoms with van der Waals surface area (Å²) in [6.07, 6.45) is 0. The lowest BCUT2D eigenvalue weighted by atomic mass is 10.2. The van der Waals surface area contributed by atoms with Gasteiger partial charge in [-0.3, -0.25) is 4.79 Å². The summed E-state index contributed by atoms with van der Waals surface area (Å²) in [7, 11) is 1.27. The number of anilines is 1. The Bertz CT molecular complexity index is 1020. The summed E-state index contributed by atoms with van der Waals surface area (Å²) < 4.78 is 9.63. The van der Waals surface area contributed by atoms with Crippen molar-refractivity contribution in [2.75, 3.05) is 19.0 Å². The summed E-state index contributed by atoms with van der Waals surface area (Å²) in [5.41, 5.74) is 1.47. The van der Waals surface area contributed by atoms with Crippen molar-refractivity contribution >= 4 is 34.4 Å². The second kappa shape index (κ2) is 8.09. The second-order valence-corrected chi connectivity index (χ2v) is 5.59. The van der Waals surface area contributed by atoms with Crippen LogP contribution in [0.15, 0.2) is 60.7 Å². The van der Waals surface area contributed by atoms with Crippen LogP contribution in [0.1, 0.15) is 20.8 Å². The number of nitrogens with one attached hydrogen (secondary N) is 1. The fourth-order valence-electron chi connectivity index (χ4n) is 2.42. The predicted octanol–water partition coefficient (Wildman–Crippen LogP) is 2.82. The van der Waals surface area contributed by atoms with Crippen LogP contribution in [0.3, 0.4) is 0 Å². The smallest absolute Gasteiger partial charge is 0.357 e. The third kappa shape index (κ3) is 4.46. The van der Waals surface area contributed by atoms with Crippen LogP contribution in [0, 0.1) is 0 Å². The number of ether oxygens (including phenoxy) is 2. The Kier molecular flexibility index (Phi) is 5.41. The molecule has 0 atom stereocenters. The minimum atomic E-state index is -0.695. The molecule has 0 fully saturated rings. The van der Waals surface area contributed by atoms with Gasteiger partial charge in [0.05, 0.1) is 18.2 Å². The number of benzene rings is 2. The first kappa shape index (κ1) is 18.1. The first-order chi connectivity index (χ1) is 13.1. The quantitative estimate of drug-likeness (QED) is 0.700. The van der Waals surface area contributed by atoms with Crippen LogP contribution in [0.4, 0.5) is 5.69 Å². The number of hydrogen-bond donors (Lipinski definition) is 1. The fourth-order valence-corrected chi connectivity index (χ4v) is 2.42. The Morgan fingerprint density at radius 1 is 0.963 bits per heavy atom. The van der Waals surface area contributed by atoms with E-state index in [9.17, 15) is 14.4 Å². The van der Waals surface area contributed by atoms with Crippen molar-refractivity contribution < 1.29 is 23.9 Å². The molecule has 2 aromatic carbocycles. The van der Waals surface area contributed by atoms with Gasteiger partial charge in [-0.15, -0.1) is 0 Å². The van der Waals surface area contributed by atoms with E-state index in [1.165, 1.54) is 13.2 Å². The summed E-state index contributed by atoms with van der Waals surface area (Å²) in [5.74, 6) is -1.75. The van der Waals surface area contributed by atoms with E-state index < -0.39 is 24.5 Å². The fraction of sp³-hybridized carbons (Fsp3) is 0.100. The minimum absolute atomic E-state index is 0.120. The molecule has 3 aromatic rings. The zero-order chi connectivity index (χ0) is 19.2. The SMILES string of the molecule is COC(=O)c1cccc(NC(=O)COC(=O)c2ccc3ccccc3n2)c1. The number of methoxy groups -OCH3 is 1. The lowest BCUT2D eigenvalue weighted by molar-refractivity contribution is -0.119. The van der Waals surface area contributed by atoms with Gasteiger partial charge in [-0.25, -0.2) is 14.6 Å². The van der Waals surface area contributed by atoms with Gasteiger partial charge in [0.1, 0.15) is 5.69 Å². The number of esters is 2. The maximum atomic E-state index is 12.1. The average molecular weight is 364 g/mol. The van der Waals surface area contributed by atoms with E-state index in [-0.39, 0.29) is 5.69 Å². The van der Waals surface area contributed by atoms with E-state index >= 15 is 0 Å². The molecule has 0 bridgehead atoms. The summed E-state index contributed by atoms with van der Waals surface area (Å²) in [6.45, 7) is -0.476. The van der Waals surface area contributed by atoms with Crippen molar-refractivity contribution in [3.05, 3.63) is 71.9 Å². The molecular weight excluding hydrogens is 348 g/mol. The monoisotopic (exact) mass is 364 g/mol. The summed E-state index contributed by atoms with van der Waals surface area (Å²) in [5, 5.41) is 3.45. The van der Waals surface area contributed by atoms with Crippen LogP contribution in [0.5, 0.6) is 0 Å². The lowest BCUT2D eigenvalue weighted by Crippen LogP contribution is -2.21. The van der Waals surface area contributed by atoms with E-state index in [1.54, 1.807) is 36.4 Å². The zero-order valence-electron chi connectivity index (χ0n) is 14.5. The largest absolute Gasteiger partial charge is 0.465 e. The number of aromatic nitrogens is 1. The first-order valence-electron chi connectivity index (χ1n) is 8.08. The number of fused-ring (bicyclic) bond motifs is 1. The molecule has 0 saturated heterocycles. The predicted molar refractivity (Wildman–Crippen MR) is 98.4 cm³/mol. The van der Waals surface area contributed by atoms with Crippen molar-refractivity contribution in [2.45, 2.75) is 0 Å².